The molecule has 2 aromatic carbocycles. The highest BCUT2D eigenvalue weighted by Gasteiger charge is 2.29. The molecule has 0 atom stereocenters. The Kier molecular flexibility index (Phi) is 8.86. The Hall–Kier alpha value is -4.61. The van der Waals surface area contributed by atoms with Crippen molar-refractivity contribution in [3.05, 3.63) is 83.3 Å². The van der Waals surface area contributed by atoms with Crippen molar-refractivity contribution >= 4 is 50.0 Å². The first-order valence-electron chi connectivity index (χ1n) is 14.1. The van der Waals surface area contributed by atoms with Crippen LogP contribution in [-0.2, 0) is 14.8 Å². The molecular weight excluding hydrogens is 664 g/mol. The highest BCUT2D eigenvalue weighted by atomic mass is 32.2. The number of thioether (sulfide) groups is 1. The lowest BCUT2D eigenvalue weighted by molar-refractivity contribution is 0.0984. The molecule has 5 aromatic rings. The molecule has 1 aliphatic heterocycles. The molecule has 0 radical (unpaired) electrons. The normalized spacial score (nSPS) is 14.2. The van der Waals surface area contributed by atoms with Crippen LogP contribution in [0.25, 0.3) is 16.6 Å². The molecule has 0 bridgehead atoms. The number of ketones is 1. The number of carbonyl (C=O) groups is 1. The zero-order chi connectivity index (χ0) is 33.5. The Morgan fingerprint density at radius 1 is 1.15 bits per heavy atom. The van der Waals surface area contributed by atoms with Crippen molar-refractivity contribution in [2.45, 2.75) is 35.7 Å². The average molecular weight is 691 g/mol. The predicted molar refractivity (Wildman–Crippen MR) is 167 cm³/mol. The number of hydrogen-bond donors (Lipinski definition) is 3. The van der Waals surface area contributed by atoms with Crippen LogP contribution in [0.2, 0.25) is 0 Å². The van der Waals surface area contributed by atoms with Gasteiger partial charge in [-0.1, -0.05) is 17.8 Å². The van der Waals surface area contributed by atoms with Gasteiger partial charge >= 0.3 is 0 Å². The fourth-order valence-corrected chi connectivity index (χ4v) is 7.28. The number of halogens is 4. The van der Waals surface area contributed by atoms with Crippen LogP contribution in [0.5, 0.6) is 11.6 Å². The first-order valence-corrected chi connectivity index (χ1v) is 16.5. The number of nitrogens with zero attached hydrogens (tertiary/aromatic N) is 3. The van der Waals surface area contributed by atoms with Crippen molar-refractivity contribution in [3.63, 3.8) is 0 Å². The Bertz CT molecular complexity index is 2080. The minimum absolute atomic E-state index is 0.00679. The standard InChI is InChI=1S/C30H26F4N6O5S2/c1-15-9-26(45-28-19(31)3-2-4-20(28)32)36-14-24(15)40-29(35)18(13-37-40)27(41)23-10-16-11-25(46-30(33)34)22(12-21(16)38-23)39-47(42,43)17-5-7-44-8-6-17/h2-4,9-14,17,30,38-39H,5-8,35H2,1H3. The summed E-state index contributed by atoms with van der Waals surface area (Å²) >= 11 is 0.180. The van der Waals surface area contributed by atoms with Gasteiger partial charge in [-0.2, -0.15) is 13.9 Å². The number of H-pyrrole nitrogens is 1. The van der Waals surface area contributed by atoms with E-state index in [4.69, 9.17) is 15.2 Å². The van der Waals surface area contributed by atoms with Crippen LogP contribution in [0.15, 0.2) is 59.8 Å². The number of aryl methyl sites for hydroxylation is 1. The van der Waals surface area contributed by atoms with Crippen molar-refractivity contribution < 1.29 is 40.2 Å². The van der Waals surface area contributed by atoms with Gasteiger partial charge in [0.25, 0.3) is 5.76 Å². The summed E-state index contributed by atoms with van der Waals surface area (Å²) in [5.41, 5.74) is 7.51. The highest BCUT2D eigenvalue weighted by molar-refractivity contribution is 8.00. The maximum absolute atomic E-state index is 14.0. The molecule has 0 amide bonds. The number of alkyl halides is 2. The number of carbonyl (C=O) groups excluding carboxylic acids is 1. The largest absolute Gasteiger partial charge is 0.433 e. The second kappa shape index (κ2) is 12.9. The molecule has 0 aliphatic carbocycles. The second-order valence-corrected chi connectivity index (χ2v) is 13.6. The zero-order valence-electron chi connectivity index (χ0n) is 24.5. The maximum atomic E-state index is 14.0. The topological polar surface area (TPSA) is 154 Å². The molecule has 47 heavy (non-hydrogen) atoms. The van der Waals surface area contributed by atoms with Crippen LogP contribution in [-0.4, -0.2) is 58.2 Å². The first kappa shape index (κ1) is 32.3. The number of pyridine rings is 1. The number of nitrogens with two attached hydrogens (primary N) is 1. The lowest BCUT2D eigenvalue weighted by Crippen LogP contribution is -2.33. The van der Waals surface area contributed by atoms with E-state index in [9.17, 15) is 30.8 Å². The summed E-state index contributed by atoms with van der Waals surface area (Å²) in [6, 6.07) is 8.91. The molecule has 4 heterocycles. The van der Waals surface area contributed by atoms with Crippen LogP contribution >= 0.6 is 11.8 Å². The molecule has 1 aliphatic rings. The van der Waals surface area contributed by atoms with Crippen LogP contribution < -0.4 is 15.2 Å². The van der Waals surface area contributed by atoms with E-state index >= 15 is 0 Å². The third-order valence-corrected chi connectivity index (χ3v) is 10.1. The van der Waals surface area contributed by atoms with Crippen LogP contribution in [0.3, 0.4) is 0 Å². The van der Waals surface area contributed by atoms with E-state index in [1.165, 1.54) is 47.4 Å². The molecule has 1 saturated heterocycles. The fourth-order valence-electron chi connectivity index (χ4n) is 5.13. The third-order valence-electron chi connectivity index (χ3n) is 7.50. The number of rotatable bonds is 10. The van der Waals surface area contributed by atoms with Crippen molar-refractivity contribution in [2.24, 2.45) is 0 Å². The van der Waals surface area contributed by atoms with E-state index < -0.39 is 44.2 Å². The molecule has 11 nitrogen and oxygen atoms in total. The molecule has 0 unspecified atom stereocenters. The molecule has 17 heteroatoms. The number of nitrogens with one attached hydrogen (secondary N) is 2. The van der Waals surface area contributed by atoms with Gasteiger partial charge < -0.3 is 20.2 Å². The van der Waals surface area contributed by atoms with Gasteiger partial charge in [0.05, 0.1) is 40.3 Å². The molecular formula is C30H26F4N6O5S2. The SMILES string of the molecule is Cc1cc(Oc2c(F)cccc2F)ncc1-n1ncc(C(=O)c2cc3cc(SC(F)F)c(NS(=O)(=O)C4CCOCC4)cc3[nH]2)c1N. The summed E-state index contributed by atoms with van der Waals surface area (Å²) < 4.78 is 95.3. The molecule has 3 aromatic heterocycles. The summed E-state index contributed by atoms with van der Waals surface area (Å²) in [6.45, 7) is 2.21. The molecule has 0 spiro atoms. The van der Waals surface area contributed by atoms with Gasteiger partial charge in [-0.3, -0.25) is 9.52 Å². The van der Waals surface area contributed by atoms with Gasteiger partial charge in [0.2, 0.25) is 27.4 Å². The Balaban J connectivity index is 1.27. The molecule has 4 N–H and O–H groups in total. The molecule has 246 valence electrons. The van der Waals surface area contributed by atoms with Crippen molar-refractivity contribution in [3.8, 4) is 17.3 Å². The Morgan fingerprint density at radius 2 is 1.87 bits per heavy atom. The number of hydrogen-bond acceptors (Lipinski definition) is 9. The molecule has 6 rings (SSSR count). The summed E-state index contributed by atoms with van der Waals surface area (Å²) in [5.74, 6) is -5.95. The van der Waals surface area contributed by atoms with Gasteiger partial charge in [0.1, 0.15) is 5.82 Å². The minimum atomic E-state index is -3.91. The summed E-state index contributed by atoms with van der Waals surface area (Å²) in [5, 5.41) is 3.86. The lowest BCUT2D eigenvalue weighted by Gasteiger charge is -2.23. The number of sulfonamides is 1. The first-order chi connectivity index (χ1) is 22.4. The predicted octanol–water partition coefficient (Wildman–Crippen LogP) is 6.18. The number of nitrogen functional groups attached to an aromatic ring is 1. The number of anilines is 2. The van der Waals surface area contributed by atoms with Gasteiger partial charge in [0, 0.05) is 35.1 Å². The fraction of sp³-hybridized carbons (Fsp3) is 0.233. The molecule has 0 saturated carbocycles. The number of fused-ring (bicyclic) bond motifs is 1. The summed E-state index contributed by atoms with van der Waals surface area (Å²) in [6.07, 6.45) is 3.10. The smallest absolute Gasteiger partial charge is 0.288 e. The number of aromatic nitrogens is 4. The maximum Gasteiger partial charge on any atom is 0.288 e. The third kappa shape index (κ3) is 6.63. The van der Waals surface area contributed by atoms with E-state index in [2.05, 4.69) is 19.8 Å². The molecule has 1 fully saturated rings. The van der Waals surface area contributed by atoms with E-state index in [1.807, 2.05) is 0 Å². The van der Waals surface area contributed by atoms with E-state index in [1.54, 1.807) is 6.92 Å². The van der Waals surface area contributed by atoms with Crippen molar-refractivity contribution in [1.29, 1.82) is 0 Å². The summed E-state index contributed by atoms with van der Waals surface area (Å²) in [4.78, 5) is 20.6. The number of benzene rings is 2. The van der Waals surface area contributed by atoms with Gasteiger partial charge in [-0.05, 0) is 55.7 Å². The van der Waals surface area contributed by atoms with E-state index in [0.717, 1.165) is 12.1 Å². The number of ether oxygens (including phenoxy) is 2. The highest BCUT2D eigenvalue weighted by Crippen LogP contribution is 2.37. The summed E-state index contributed by atoms with van der Waals surface area (Å²) in [7, 11) is -3.91. The average Bonchev–Trinajstić information content (AvgIpc) is 3.62. The minimum Gasteiger partial charge on any atom is -0.433 e. The zero-order valence-corrected chi connectivity index (χ0v) is 26.1. The van der Waals surface area contributed by atoms with Crippen molar-refractivity contribution in [1.82, 2.24) is 19.7 Å². The Morgan fingerprint density at radius 3 is 2.55 bits per heavy atom. The van der Waals surface area contributed by atoms with E-state index in [-0.39, 0.29) is 71.4 Å². The monoisotopic (exact) mass is 690 g/mol. The Labute approximate surface area is 269 Å². The van der Waals surface area contributed by atoms with E-state index in [0.29, 0.717) is 22.2 Å². The quantitative estimate of drug-likeness (QED) is 0.0886. The lowest BCUT2D eigenvalue weighted by atomic mass is 10.1. The van der Waals surface area contributed by atoms with Crippen LogP contribution in [0.4, 0.5) is 29.1 Å². The van der Waals surface area contributed by atoms with Crippen LogP contribution in [0, 0.1) is 18.6 Å². The van der Waals surface area contributed by atoms with Crippen LogP contribution in [0.1, 0.15) is 34.5 Å². The van der Waals surface area contributed by atoms with Gasteiger partial charge in [0.15, 0.2) is 11.6 Å². The van der Waals surface area contributed by atoms with Gasteiger partial charge in [-0.15, -0.1) is 0 Å². The van der Waals surface area contributed by atoms with Gasteiger partial charge in [-0.25, -0.2) is 26.9 Å². The number of aromatic amines is 1. The second-order valence-electron chi connectivity index (χ2n) is 10.6. The number of para-hydroxylation sites is 1. The van der Waals surface area contributed by atoms with Crippen molar-refractivity contribution in [2.75, 3.05) is 23.7 Å².